The Balaban J connectivity index is 1.86. The van der Waals surface area contributed by atoms with E-state index >= 15 is 0 Å². The first-order valence-electron chi connectivity index (χ1n) is 7.10. The largest absolute Gasteiger partial charge is 0.462 e. The number of thiazole rings is 1. The summed E-state index contributed by atoms with van der Waals surface area (Å²) in [5, 5.41) is 2.77. The number of aromatic nitrogens is 1. The van der Waals surface area contributed by atoms with E-state index in [1.165, 1.54) is 11.3 Å². The summed E-state index contributed by atoms with van der Waals surface area (Å²) in [5.74, 6) is -0.738. The number of anilines is 1. The molecule has 0 fully saturated rings. The summed E-state index contributed by atoms with van der Waals surface area (Å²) in [7, 11) is 0. The summed E-state index contributed by atoms with van der Waals surface area (Å²) in [6, 6.07) is 12.1. The molecule has 0 spiro atoms. The second-order valence-corrected chi connectivity index (χ2v) is 5.64. The number of amides is 1. The molecule has 0 unspecified atom stereocenters. The van der Waals surface area contributed by atoms with Crippen LogP contribution in [0.5, 0.6) is 0 Å². The SMILES string of the molecule is CCOC(=O)c1ccccc1NC(=O)c1ccc2ncsc2c1. The Morgan fingerprint density at radius 3 is 2.87 bits per heavy atom. The molecule has 5 nitrogen and oxygen atoms in total. The van der Waals surface area contributed by atoms with E-state index in [0.29, 0.717) is 16.8 Å². The van der Waals surface area contributed by atoms with E-state index in [9.17, 15) is 9.59 Å². The van der Waals surface area contributed by atoms with Crippen LogP contribution >= 0.6 is 11.3 Å². The highest BCUT2D eigenvalue weighted by atomic mass is 32.1. The van der Waals surface area contributed by atoms with Crippen molar-refractivity contribution in [1.82, 2.24) is 4.98 Å². The van der Waals surface area contributed by atoms with E-state index in [0.717, 1.165) is 10.2 Å². The fourth-order valence-electron chi connectivity index (χ4n) is 2.17. The molecule has 23 heavy (non-hydrogen) atoms. The van der Waals surface area contributed by atoms with E-state index in [2.05, 4.69) is 10.3 Å². The molecule has 0 bridgehead atoms. The van der Waals surface area contributed by atoms with Gasteiger partial charge in [-0.25, -0.2) is 9.78 Å². The highest BCUT2D eigenvalue weighted by molar-refractivity contribution is 7.16. The number of esters is 1. The summed E-state index contributed by atoms with van der Waals surface area (Å²) < 4.78 is 5.95. The lowest BCUT2D eigenvalue weighted by Crippen LogP contribution is -2.15. The van der Waals surface area contributed by atoms with Gasteiger partial charge in [-0.1, -0.05) is 12.1 Å². The molecule has 0 atom stereocenters. The van der Waals surface area contributed by atoms with E-state index < -0.39 is 5.97 Å². The van der Waals surface area contributed by atoms with Gasteiger partial charge in [0.2, 0.25) is 0 Å². The monoisotopic (exact) mass is 326 g/mol. The number of fused-ring (bicyclic) bond motifs is 1. The summed E-state index contributed by atoms with van der Waals surface area (Å²) in [5.41, 5.74) is 3.88. The van der Waals surface area contributed by atoms with Crippen molar-refractivity contribution in [1.29, 1.82) is 0 Å². The second kappa shape index (κ2) is 6.58. The summed E-state index contributed by atoms with van der Waals surface area (Å²) in [4.78, 5) is 28.6. The molecule has 0 saturated heterocycles. The van der Waals surface area contributed by atoms with Gasteiger partial charge in [0.1, 0.15) is 0 Å². The number of ether oxygens (including phenoxy) is 1. The van der Waals surface area contributed by atoms with Gasteiger partial charge in [-0.05, 0) is 37.3 Å². The first-order valence-corrected chi connectivity index (χ1v) is 7.97. The second-order valence-electron chi connectivity index (χ2n) is 4.76. The lowest BCUT2D eigenvalue weighted by atomic mass is 10.1. The quantitative estimate of drug-likeness (QED) is 0.742. The third kappa shape index (κ3) is 3.22. The number of hydrogen-bond donors (Lipinski definition) is 1. The van der Waals surface area contributed by atoms with Crippen molar-refractivity contribution in [3.8, 4) is 0 Å². The minimum absolute atomic E-state index is 0.281. The highest BCUT2D eigenvalue weighted by Gasteiger charge is 2.15. The Morgan fingerprint density at radius 1 is 1.22 bits per heavy atom. The molecule has 6 heteroatoms. The van der Waals surface area contributed by atoms with Gasteiger partial charge >= 0.3 is 5.97 Å². The van der Waals surface area contributed by atoms with Crippen LogP contribution in [0.2, 0.25) is 0 Å². The maximum Gasteiger partial charge on any atom is 0.340 e. The molecule has 1 amide bonds. The number of nitrogens with one attached hydrogen (secondary N) is 1. The van der Waals surface area contributed by atoms with Crippen molar-refractivity contribution < 1.29 is 14.3 Å². The highest BCUT2D eigenvalue weighted by Crippen LogP contribution is 2.21. The van der Waals surface area contributed by atoms with Crippen LogP contribution in [0, 0.1) is 0 Å². The average molecular weight is 326 g/mol. The van der Waals surface area contributed by atoms with Crippen LogP contribution in [-0.4, -0.2) is 23.5 Å². The zero-order valence-corrected chi connectivity index (χ0v) is 13.2. The number of nitrogens with zero attached hydrogens (tertiary/aromatic N) is 1. The Morgan fingerprint density at radius 2 is 2.04 bits per heavy atom. The molecule has 1 heterocycles. The van der Waals surface area contributed by atoms with Crippen LogP contribution < -0.4 is 5.32 Å². The van der Waals surface area contributed by atoms with Crippen LogP contribution in [0.4, 0.5) is 5.69 Å². The molecule has 0 aliphatic carbocycles. The number of benzene rings is 2. The van der Waals surface area contributed by atoms with Gasteiger partial charge in [0, 0.05) is 5.56 Å². The number of carbonyl (C=O) groups excluding carboxylic acids is 2. The van der Waals surface area contributed by atoms with Crippen molar-refractivity contribution in [2.75, 3.05) is 11.9 Å². The van der Waals surface area contributed by atoms with E-state index in [1.807, 2.05) is 0 Å². The predicted octanol–water partition coefficient (Wildman–Crippen LogP) is 3.73. The van der Waals surface area contributed by atoms with Gasteiger partial charge in [-0.2, -0.15) is 0 Å². The maximum atomic E-state index is 12.4. The molecule has 2 aromatic carbocycles. The predicted molar refractivity (Wildman–Crippen MR) is 90.0 cm³/mol. The first kappa shape index (κ1) is 15.2. The van der Waals surface area contributed by atoms with Gasteiger partial charge in [-0.15, -0.1) is 11.3 Å². The van der Waals surface area contributed by atoms with Crippen molar-refractivity contribution in [3.05, 3.63) is 59.1 Å². The zero-order valence-electron chi connectivity index (χ0n) is 12.4. The Kier molecular flexibility index (Phi) is 4.34. The van der Waals surface area contributed by atoms with E-state index in [1.54, 1.807) is 54.9 Å². The number of hydrogen-bond acceptors (Lipinski definition) is 5. The maximum absolute atomic E-state index is 12.4. The van der Waals surface area contributed by atoms with Gasteiger partial charge in [0.05, 0.1) is 33.6 Å². The summed E-state index contributed by atoms with van der Waals surface area (Å²) in [6.45, 7) is 2.02. The van der Waals surface area contributed by atoms with Crippen molar-refractivity contribution in [3.63, 3.8) is 0 Å². The summed E-state index contributed by atoms with van der Waals surface area (Å²) >= 11 is 1.47. The van der Waals surface area contributed by atoms with Gasteiger partial charge in [0.15, 0.2) is 0 Å². The Labute approximate surface area is 136 Å². The van der Waals surface area contributed by atoms with Crippen molar-refractivity contribution in [2.24, 2.45) is 0 Å². The smallest absolute Gasteiger partial charge is 0.340 e. The molecule has 0 saturated carbocycles. The molecular formula is C17H14N2O3S. The Bertz CT molecular complexity index is 873. The average Bonchev–Trinajstić information content (AvgIpc) is 3.03. The number of rotatable bonds is 4. The molecule has 0 aliphatic heterocycles. The van der Waals surface area contributed by atoms with E-state index in [4.69, 9.17) is 4.74 Å². The molecule has 0 aliphatic rings. The topological polar surface area (TPSA) is 68.3 Å². The van der Waals surface area contributed by atoms with Gasteiger partial charge < -0.3 is 10.1 Å². The van der Waals surface area contributed by atoms with Gasteiger partial charge in [0.25, 0.3) is 5.91 Å². The minimum Gasteiger partial charge on any atom is -0.462 e. The number of carbonyl (C=O) groups is 2. The van der Waals surface area contributed by atoms with Crippen molar-refractivity contribution >= 4 is 39.1 Å². The standard InChI is InChI=1S/C17H14N2O3S/c1-2-22-17(21)12-5-3-4-6-13(12)19-16(20)11-7-8-14-15(9-11)23-10-18-14/h3-10H,2H2,1H3,(H,19,20). The van der Waals surface area contributed by atoms with Crippen molar-refractivity contribution in [2.45, 2.75) is 6.92 Å². The van der Waals surface area contributed by atoms with Crippen LogP contribution in [-0.2, 0) is 4.74 Å². The lowest BCUT2D eigenvalue weighted by molar-refractivity contribution is 0.0527. The molecule has 1 N–H and O–H groups in total. The van der Waals surface area contributed by atoms with Crippen LogP contribution in [0.15, 0.2) is 48.0 Å². The lowest BCUT2D eigenvalue weighted by Gasteiger charge is -2.10. The molecular weight excluding hydrogens is 312 g/mol. The van der Waals surface area contributed by atoms with E-state index in [-0.39, 0.29) is 12.5 Å². The van der Waals surface area contributed by atoms with Crippen LogP contribution in [0.25, 0.3) is 10.2 Å². The summed E-state index contributed by atoms with van der Waals surface area (Å²) in [6.07, 6.45) is 0. The fourth-order valence-corrected chi connectivity index (χ4v) is 2.89. The van der Waals surface area contributed by atoms with Crippen LogP contribution in [0.3, 0.4) is 0 Å². The normalized spacial score (nSPS) is 10.5. The molecule has 0 radical (unpaired) electrons. The molecule has 3 aromatic rings. The fraction of sp³-hybridized carbons (Fsp3) is 0.118. The number of para-hydroxylation sites is 1. The Hall–Kier alpha value is -2.73. The third-order valence-corrected chi connectivity index (χ3v) is 4.06. The first-order chi connectivity index (χ1) is 11.2. The molecule has 1 aromatic heterocycles. The molecule has 116 valence electrons. The third-order valence-electron chi connectivity index (χ3n) is 3.26. The minimum atomic E-state index is -0.457. The molecule has 3 rings (SSSR count). The van der Waals surface area contributed by atoms with Gasteiger partial charge in [-0.3, -0.25) is 4.79 Å². The van der Waals surface area contributed by atoms with Crippen LogP contribution in [0.1, 0.15) is 27.6 Å². The zero-order chi connectivity index (χ0) is 16.2.